The van der Waals surface area contributed by atoms with Crippen molar-refractivity contribution in [1.82, 2.24) is 5.32 Å². The number of benzene rings is 2. The summed E-state index contributed by atoms with van der Waals surface area (Å²) < 4.78 is 23.7. The van der Waals surface area contributed by atoms with E-state index in [0.29, 0.717) is 17.8 Å². The SMILES string of the molecule is COc1ccc(CC2=N/C(=C/c3ccc(OC)c(F)c3)C(=O)N2)cc1. The van der Waals surface area contributed by atoms with Gasteiger partial charge in [-0.3, -0.25) is 4.79 Å². The maximum absolute atomic E-state index is 13.7. The predicted octanol–water partition coefficient (Wildman–Crippen LogP) is 2.95. The first-order valence-electron chi connectivity index (χ1n) is 7.66. The average molecular weight is 340 g/mol. The Kier molecular flexibility index (Phi) is 4.79. The zero-order valence-electron chi connectivity index (χ0n) is 13.9. The lowest BCUT2D eigenvalue weighted by Crippen LogP contribution is -2.25. The van der Waals surface area contributed by atoms with E-state index < -0.39 is 5.82 Å². The van der Waals surface area contributed by atoms with Crippen LogP contribution in [-0.4, -0.2) is 26.0 Å². The summed E-state index contributed by atoms with van der Waals surface area (Å²) in [7, 11) is 3.01. The number of carbonyl (C=O) groups excluding carboxylic acids is 1. The van der Waals surface area contributed by atoms with Crippen molar-refractivity contribution in [2.45, 2.75) is 6.42 Å². The Morgan fingerprint density at radius 2 is 1.88 bits per heavy atom. The van der Waals surface area contributed by atoms with Gasteiger partial charge in [0.2, 0.25) is 0 Å². The third-order valence-electron chi connectivity index (χ3n) is 3.76. The van der Waals surface area contributed by atoms with Gasteiger partial charge in [-0.2, -0.15) is 0 Å². The molecular formula is C19H17FN2O3. The lowest BCUT2D eigenvalue weighted by molar-refractivity contribution is -0.115. The van der Waals surface area contributed by atoms with Crippen molar-refractivity contribution in [2.75, 3.05) is 14.2 Å². The van der Waals surface area contributed by atoms with Crippen LogP contribution >= 0.6 is 0 Å². The molecule has 25 heavy (non-hydrogen) atoms. The molecule has 6 heteroatoms. The van der Waals surface area contributed by atoms with Crippen LogP contribution in [0.25, 0.3) is 6.08 Å². The van der Waals surface area contributed by atoms with Crippen LogP contribution in [0.15, 0.2) is 53.2 Å². The van der Waals surface area contributed by atoms with Crippen LogP contribution in [0.3, 0.4) is 0 Å². The molecule has 2 aromatic rings. The summed E-state index contributed by atoms with van der Waals surface area (Å²) in [6.07, 6.45) is 2.03. The first kappa shape index (κ1) is 16.7. The van der Waals surface area contributed by atoms with Crippen molar-refractivity contribution in [3.63, 3.8) is 0 Å². The number of hydrogen-bond donors (Lipinski definition) is 1. The lowest BCUT2D eigenvalue weighted by Gasteiger charge is -2.03. The standard InChI is InChI=1S/C19H17FN2O3/c1-24-14-6-3-12(4-7-14)11-18-21-16(19(23)22-18)10-13-5-8-17(25-2)15(20)9-13/h3-10H,11H2,1-2H3,(H,21,22,23)/b16-10+. The number of nitrogens with zero attached hydrogens (tertiary/aromatic N) is 1. The summed E-state index contributed by atoms with van der Waals surface area (Å²) in [5, 5.41) is 2.73. The minimum absolute atomic E-state index is 0.154. The molecule has 2 aromatic carbocycles. The Morgan fingerprint density at radius 3 is 2.52 bits per heavy atom. The predicted molar refractivity (Wildman–Crippen MR) is 93.2 cm³/mol. The van der Waals surface area contributed by atoms with Gasteiger partial charge in [0, 0.05) is 6.42 Å². The molecule has 0 unspecified atom stereocenters. The van der Waals surface area contributed by atoms with Crippen molar-refractivity contribution >= 4 is 17.8 Å². The summed E-state index contributed by atoms with van der Waals surface area (Å²) in [5.74, 6) is 0.679. The molecule has 1 amide bonds. The normalized spacial score (nSPS) is 15.1. The molecule has 0 aromatic heterocycles. The lowest BCUT2D eigenvalue weighted by atomic mass is 10.1. The first-order chi connectivity index (χ1) is 12.1. The van der Waals surface area contributed by atoms with Crippen LogP contribution < -0.4 is 14.8 Å². The fraction of sp³-hybridized carbons (Fsp3) is 0.158. The molecule has 5 nitrogen and oxygen atoms in total. The molecule has 0 radical (unpaired) electrons. The second-order valence-electron chi connectivity index (χ2n) is 5.46. The van der Waals surface area contributed by atoms with E-state index in [0.717, 1.165) is 11.3 Å². The molecule has 0 bridgehead atoms. The van der Waals surface area contributed by atoms with E-state index in [4.69, 9.17) is 9.47 Å². The summed E-state index contributed by atoms with van der Waals surface area (Å²) in [4.78, 5) is 16.4. The Hall–Kier alpha value is -3.15. The number of carbonyl (C=O) groups is 1. The van der Waals surface area contributed by atoms with Gasteiger partial charge < -0.3 is 14.8 Å². The maximum atomic E-state index is 13.7. The van der Waals surface area contributed by atoms with Gasteiger partial charge in [-0.1, -0.05) is 18.2 Å². The second kappa shape index (κ2) is 7.17. The number of rotatable bonds is 5. The van der Waals surface area contributed by atoms with Gasteiger partial charge in [-0.25, -0.2) is 9.38 Å². The topological polar surface area (TPSA) is 59.9 Å². The van der Waals surface area contributed by atoms with E-state index in [-0.39, 0.29) is 17.4 Å². The zero-order valence-corrected chi connectivity index (χ0v) is 13.9. The molecule has 1 aliphatic rings. The third kappa shape index (κ3) is 3.85. The van der Waals surface area contributed by atoms with E-state index in [2.05, 4.69) is 10.3 Å². The highest BCUT2D eigenvalue weighted by molar-refractivity contribution is 6.14. The van der Waals surface area contributed by atoms with Gasteiger partial charge in [0.1, 0.15) is 17.3 Å². The summed E-state index contributed by atoms with van der Waals surface area (Å²) in [5.41, 5.74) is 1.78. The molecule has 3 rings (SSSR count). The number of methoxy groups -OCH3 is 2. The Morgan fingerprint density at radius 1 is 1.12 bits per heavy atom. The Labute approximate surface area is 144 Å². The molecule has 1 heterocycles. The summed E-state index contributed by atoms with van der Waals surface area (Å²) >= 11 is 0. The monoisotopic (exact) mass is 340 g/mol. The summed E-state index contributed by atoms with van der Waals surface area (Å²) in [6, 6.07) is 12.0. The molecule has 128 valence electrons. The van der Waals surface area contributed by atoms with Gasteiger partial charge in [-0.05, 0) is 41.5 Å². The molecule has 0 spiro atoms. The number of halogens is 1. The van der Waals surface area contributed by atoms with Gasteiger partial charge in [0.15, 0.2) is 11.6 Å². The molecule has 0 saturated heterocycles. The van der Waals surface area contributed by atoms with Crippen molar-refractivity contribution in [2.24, 2.45) is 4.99 Å². The van der Waals surface area contributed by atoms with Crippen LogP contribution in [0.5, 0.6) is 11.5 Å². The highest BCUT2D eigenvalue weighted by Gasteiger charge is 2.20. The largest absolute Gasteiger partial charge is 0.497 e. The van der Waals surface area contributed by atoms with Crippen LogP contribution in [0.4, 0.5) is 4.39 Å². The van der Waals surface area contributed by atoms with E-state index in [1.54, 1.807) is 19.3 Å². The molecule has 0 aliphatic carbocycles. The minimum atomic E-state index is -0.488. The number of amides is 1. The van der Waals surface area contributed by atoms with Gasteiger partial charge in [0.25, 0.3) is 5.91 Å². The molecule has 1 N–H and O–H groups in total. The highest BCUT2D eigenvalue weighted by Crippen LogP contribution is 2.21. The Balaban J connectivity index is 1.78. The smallest absolute Gasteiger partial charge is 0.275 e. The van der Waals surface area contributed by atoms with Crippen LogP contribution in [0.2, 0.25) is 0 Å². The van der Waals surface area contributed by atoms with Crippen LogP contribution in [-0.2, 0) is 11.2 Å². The van der Waals surface area contributed by atoms with Crippen LogP contribution in [0.1, 0.15) is 11.1 Å². The van der Waals surface area contributed by atoms with E-state index in [1.165, 1.54) is 19.2 Å². The van der Waals surface area contributed by atoms with Crippen molar-refractivity contribution in [1.29, 1.82) is 0 Å². The van der Waals surface area contributed by atoms with Gasteiger partial charge >= 0.3 is 0 Å². The number of ether oxygens (including phenoxy) is 2. The fourth-order valence-corrected chi connectivity index (χ4v) is 2.47. The number of amidine groups is 1. The van der Waals surface area contributed by atoms with Crippen molar-refractivity contribution in [3.8, 4) is 11.5 Å². The second-order valence-corrected chi connectivity index (χ2v) is 5.46. The van der Waals surface area contributed by atoms with Crippen LogP contribution in [0, 0.1) is 5.82 Å². The average Bonchev–Trinajstić information content (AvgIpc) is 2.95. The van der Waals surface area contributed by atoms with E-state index in [9.17, 15) is 9.18 Å². The van der Waals surface area contributed by atoms with Gasteiger partial charge in [0.05, 0.1) is 14.2 Å². The van der Waals surface area contributed by atoms with E-state index >= 15 is 0 Å². The van der Waals surface area contributed by atoms with Gasteiger partial charge in [-0.15, -0.1) is 0 Å². The Bertz CT molecular complexity index is 857. The molecule has 0 atom stereocenters. The number of nitrogens with one attached hydrogen (secondary N) is 1. The molecule has 0 fully saturated rings. The van der Waals surface area contributed by atoms with E-state index in [1.807, 2.05) is 24.3 Å². The van der Waals surface area contributed by atoms with Crippen molar-refractivity contribution in [3.05, 3.63) is 65.1 Å². The molecule has 0 saturated carbocycles. The highest BCUT2D eigenvalue weighted by atomic mass is 19.1. The summed E-state index contributed by atoms with van der Waals surface area (Å²) in [6.45, 7) is 0. The fourth-order valence-electron chi connectivity index (χ4n) is 2.47. The first-order valence-corrected chi connectivity index (χ1v) is 7.66. The molecule has 1 aliphatic heterocycles. The number of hydrogen-bond acceptors (Lipinski definition) is 4. The van der Waals surface area contributed by atoms with Crippen molar-refractivity contribution < 1.29 is 18.7 Å². The number of aliphatic imine (C=N–C) groups is 1. The quantitative estimate of drug-likeness (QED) is 0.852. The maximum Gasteiger partial charge on any atom is 0.275 e. The minimum Gasteiger partial charge on any atom is -0.497 e. The third-order valence-corrected chi connectivity index (χ3v) is 3.76. The zero-order chi connectivity index (χ0) is 17.8. The molecular weight excluding hydrogens is 323 g/mol.